The molecule has 25 heavy (non-hydrogen) atoms. The zero-order chi connectivity index (χ0) is 17.2. The van der Waals surface area contributed by atoms with Crippen LogP contribution < -0.4 is 0 Å². The largest absolute Gasteiger partial charge is 0.448 e. The minimum atomic E-state index is -0.304. The first-order chi connectivity index (χ1) is 12.3. The molecular formula is C21H20N2O2. The van der Waals surface area contributed by atoms with Gasteiger partial charge in [0.25, 0.3) is 0 Å². The molecule has 4 nitrogen and oxygen atoms in total. The number of hydrogen-bond donors (Lipinski definition) is 0. The Morgan fingerprint density at radius 3 is 2.40 bits per heavy atom. The van der Waals surface area contributed by atoms with Gasteiger partial charge in [0.05, 0.1) is 12.0 Å². The van der Waals surface area contributed by atoms with Crippen LogP contribution in [0.1, 0.15) is 29.9 Å². The molecule has 1 amide bonds. The second-order valence-corrected chi connectivity index (χ2v) is 6.72. The van der Waals surface area contributed by atoms with Gasteiger partial charge in [0, 0.05) is 19.0 Å². The van der Waals surface area contributed by atoms with Crippen LogP contribution in [0.25, 0.3) is 11.1 Å². The van der Waals surface area contributed by atoms with E-state index >= 15 is 0 Å². The van der Waals surface area contributed by atoms with Crippen LogP contribution in [0.4, 0.5) is 4.79 Å². The van der Waals surface area contributed by atoms with E-state index in [0.29, 0.717) is 19.7 Å². The quantitative estimate of drug-likeness (QED) is 0.829. The fraction of sp³-hybridized carbons (Fsp3) is 0.333. The van der Waals surface area contributed by atoms with Crippen molar-refractivity contribution in [2.75, 3.05) is 19.7 Å². The fourth-order valence-corrected chi connectivity index (χ4v) is 3.93. The van der Waals surface area contributed by atoms with E-state index in [9.17, 15) is 4.79 Å². The Bertz CT molecular complexity index is 794. The van der Waals surface area contributed by atoms with Crippen LogP contribution in [0.15, 0.2) is 48.5 Å². The molecule has 2 aromatic carbocycles. The first kappa shape index (κ1) is 15.7. The molecule has 0 aromatic heterocycles. The van der Waals surface area contributed by atoms with Crippen molar-refractivity contribution < 1.29 is 9.53 Å². The molecule has 0 radical (unpaired) electrons. The van der Waals surface area contributed by atoms with E-state index < -0.39 is 0 Å². The van der Waals surface area contributed by atoms with E-state index in [0.717, 1.165) is 12.8 Å². The van der Waals surface area contributed by atoms with Crippen LogP contribution in [0, 0.1) is 17.2 Å². The van der Waals surface area contributed by atoms with Crippen LogP contribution in [0.5, 0.6) is 0 Å². The summed E-state index contributed by atoms with van der Waals surface area (Å²) < 4.78 is 5.65. The minimum Gasteiger partial charge on any atom is -0.448 e. The molecule has 0 bridgehead atoms. The van der Waals surface area contributed by atoms with Crippen molar-refractivity contribution >= 4 is 6.09 Å². The first-order valence-corrected chi connectivity index (χ1v) is 8.77. The summed E-state index contributed by atoms with van der Waals surface area (Å²) in [6.45, 7) is 1.49. The second-order valence-electron chi connectivity index (χ2n) is 6.72. The topological polar surface area (TPSA) is 53.3 Å². The fourth-order valence-electron chi connectivity index (χ4n) is 3.93. The average molecular weight is 332 g/mol. The normalized spacial score (nSPS) is 19.0. The van der Waals surface area contributed by atoms with Crippen LogP contribution in [0.3, 0.4) is 0 Å². The summed E-state index contributed by atoms with van der Waals surface area (Å²) in [5, 5.41) is 9.08. The van der Waals surface area contributed by atoms with Gasteiger partial charge in [-0.25, -0.2) is 4.79 Å². The lowest BCUT2D eigenvalue weighted by Gasteiger charge is -2.29. The van der Waals surface area contributed by atoms with E-state index in [1.54, 1.807) is 4.90 Å². The Morgan fingerprint density at radius 2 is 1.76 bits per heavy atom. The summed E-state index contributed by atoms with van der Waals surface area (Å²) in [4.78, 5) is 14.1. The van der Waals surface area contributed by atoms with Gasteiger partial charge in [-0.15, -0.1) is 0 Å². The summed E-state index contributed by atoms with van der Waals surface area (Å²) in [6.07, 6.45) is 1.42. The lowest BCUT2D eigenvalue weighted by atomic mass is 9.98. The summed E-state index contributed by atoms with van der Waals surface area (Å²) in [6, 6.07) is 18.9. The van der Waals surface area contributed by atoms with Gasteiger partial charge in [0.1, 0.15) is 6.61 Å². The molecule has 4 heteroatoms. The number of rotatable bonds is 2. The molecule has 1 fully saturated rings. The van der Waals surface area contributed by atoms with Crippen molar-refractivity contribution in [2.24, 2.45) is 5.92 Å². The summed E-state index contributed by atoms with van der Waals surface area (Å²) in [5.74, 6) is 0.00198. The number of carbonyl (C=O) groups is 1. The van der Waals surface area contributed by atoms with Crippen molar-refractivity contribution in [1.82, 2.24) is 4.90 Å². The minimum absolute atomic E-state index is 0.0748. The Morgan fingerprint density at radius 1 is 1.12 bits per heavy atom. The molecule has 2 aromatic rings. The van der Waals surface area contributed by atoms with Crippen molar-refractivity contribution in [2.45, 2.75) is 18.8 Å². The molecule has 0 N–H and O–H groups in total. The number of nitriles is 1. The van der Waals surface area contributed by atoms with E-state index in [1.807, 2.05) is 24.3 Å². The number of piperidine rings is 1. The molecule has 1 aliphatic heterocycles. The first-order valence-electron chi connectivity index (χ1n) is 8.77. The molecule has 0 spiro atoms. The predicted octanol–water partition coefficient (Wildman–Crippen LogP) is 4.17. The summed E-state index contributed by atoms with van der Waals surface area (Å²) in [5.41, 5.74) is 4.87. The van der Waals surface area contributed by atoms with Crippen molar-refractivity contribution in [1.29, 1.82) is 5.26 Å². The van der Waals surface area contributed by atoms with E-state index in [2.05, 4.69) is 30.3 Å². The van der Waals surface area contributed by atoms with E-state index in [-0.39, 0.29) is 17.9 Å². The van der Waals surface area contributed by atoms with E-state index in [1.165, 1.54) is 22.3 Å². The van der Waals surface area contributed by atoms with Crippen LogP contribution in [0.2, 0.25) is 0 Å². The molecule has 1 heterocycles. The maximum absolute atomic E-state index is 12.4. The van der Waals surface area contributed by atoms with Gasteiger partial charge in [-0.3, -0.25) is 0 Å². The van der Waals surface area contributed by atoms with Crippen LogP contribution >= 0.6 is 0 Å². The standard InChI is InChI=1S/C21H20N2O2/c22-12-15-6-5-11-23(13-15)21(24)25-14-20-18-9-3-1-7-16(18)17-8-2-4-10-19(17)20/h1-4,7-10,15,20H,5-6,11,13-14H2/t15-/m1/s1. The van der Waals surface area contributed by atoms with Gasteiger partial charge in [-0.1, -0.05) is 48.5 Å². The van der Waals surface area contributed by atoms with Crippen LogP contribution in [-0.4, -0.2) is 30.7 Å². The zero-order valence-corrected chi connectivity index (χ0v) is 14.0. The maximum Gasteiger partial charge on any atom is 0.409 e. The number of fused-ring (bicyclic) bond motifs is 3. The molecule has 4 rings (SSSR count). The highest BCUT2D eigenvalue weighted by molar-refractivity contribution is 5.79. The van der Waals surface area contributed by atoms with Crippen LogP contribution in [-0.2, 0) is 4.74 Å². The predicted molar refractivity (Wildman–Crippen MR) is 95.0 cm³/mol. The van der Waals surface area contributed by atoms with Gasteiger partial charge >= 0.3 is 6.09 Å². The highest BCUT2D eigenvalue weighted by Crippen LogP contribution is 2.44. The molecule has 0 unspecified atom stereocenters. The molecule has 2 aliphatic rings. The second kappa shape index (κ2) is 6.60. The van der Waals surface area contributed by atoms with Gasteiger partial charge in [-0.05, 0) is 35.1 Å². The van der Waals surface area contributed by atoms with Crippen molar-refractivity contribution in [3.05, 3.63) is 59.7 Å². The van der Waals surface area contributed by atoms with Gasteiger partial charge in [0.2, 0.25) is 0 Å². The number of ether oxygens (including phenoxy) is 1. The number of amides is 1. The maximum atomic E-state index is 12.4. The number of likely N-dealkylation sites (tertiary alicyclic amines) is 1. The SMILES string of the molecule is N#C[C@H]1CCCN(C(=O)OCC2c3ccccc3-c3ccccc32)C1. The Labute approximate surface area is 147 Å². The Balaban J connectivity index is 1.50. The summed E-state index contributed by atoms with van der Waals surface area (Å²) >= 11 is 0. The van der Waals surface area contributed by atoms with Crippen molar-refractivity contribution in [3.63, 3.8) is 0 Å². The highest BCUT2D eigenvalue weighted by atomic mass is 16.6. The number of nitrogens with zero attached hydrogens (tertiary/aromatic N) is 2. The third-order valence-corrected chi connectivity index (χ3v) is 5.20. The van der Waals surface area contributed by atoms with E-state index in [4.69, 9.17) is 10.00 Å². The molecule has 1 saturated heterocycles. The van der Waals surface area contributed by atoms with Crippen molar-refractivity contribution in [3.8, 4) is 17.2 Å². The molecule has 1 aliphatic carbocycles. The lowest BCUT2D eigenvalue weighted by Crippen LogP contribution is -2.40. The third-order valence-electron chi connectivity index (χ3n) is 5.20. The molecule has 126 valence electrons. The smallest absolute Gasteiger partial charge is 0.409 e. The van der Waals surface area contributed by atoms with Gasteiger partial charge < -0.3 is 9.64 Å². The third kappa shape index (κ3) is 2.87. The zero-order valence-electron chi connectivity index (χ0n) is 14.0. The van der Waals surface area contributed by atoms with Gasteiger partial charge in [-0.2, -0.15) is 5.26 Å². The Kier molecular flexibility index (Phi) is 4.15. The number of hydrogen-bond acceptors (Lipinski definition) is 3. The molecule has 0 saturated carbocycles. The highest BCUT2D eigenvalue weighted by Gasteiger charge is 2.30. The molecular weight excluding hydrogens is 312 g/mol. The average Bonchev–Trinajstić information content (AvgIpc) is 3.00. The lowest BCUT2D eigenvalue weighted by molar-refractivity contribution is 0.0875. The Hall–Kier alpha value is -2.80. The number of benzene rings is 2. The summed E-state index contributed by atoms with van der Waals surface area (Å²) in [7, 11) is 0. The molecule has 1 atom stereocenters. The monoisotopic (exact) mass is 332 g/mol. The van der Waals surface area contributed by atoms with Gasteiger partial charge in [0.15, 0.2) is 0 Å². The number of carbonyl (C=O) groups excluding carboxylic acids is 1.